The van der Waals surface area contributed by atoms with E-state index in [9.17, 15) is 4.79 Å². The van der Waals surface area contributed by atoms with Gasteiger partial charge in [0.2, 0.25) is 0 Å². The summed E-state index contributed by atoms with van der Waals surface area (Å²) in [7, 11) is 0. The van der Waals surface area contributed by atoms with E-state index in [0.717, 1.165) is 22.7 Å². The van der Waals surface area contributed by atoms with Crippen LogP contribution in [0.1, 0.15) is 16.1 Å². The number of carbonyl (C=O) groups is 1. The van der Waals surface area contributed by atoms with Crippen molar-refractivity contribution in [2.24, 2.45) is 0 Å². The van der Waals surface area contributed by atoms with Gasteiger partial charge in [-0.2, -0.15) is 0 Å². The number of carboxylic acids is 1. The van der Waals surface area contributed by atoms with Crippen molar-refractivity contribution in [3.8, 4) is 10.4 Å². The Morgan fingerprint density at radius 3 is 2.60 bits per heavy atom. The van der Waals surface area contributed by atoms with Gasteiger partial charge in [0.15, 0.2) is 5.69 Å². The van der Waals surface area contributed by atoms with Crippen molar-refractivity contribution < 1.29 is 9.90 Å². The first-order valence-corrected chi connectivity index (χ1v) is 5.08. The molecule has 0 aliphatic carbocycles. The Morgan fingerprint density at radius 1 is 1.33 bits per heavy atom. The zero-order valence-corrected chi connectivity index (χ0v) is 8.78. The van der Waals surface area contributed by atoms with E-state index in [1.54, 1.807) is 0 Å². The number of hydrogen-bond acceptors (Lipinski definition) is 4. The minimum absolute atomic E-state index is 0.0175. The summed E-state index contributed by atoms with van der Waals surface area (Å²) in [5.41, 5.74) is 1.99. The maximum Gasteiger partial charge on any atom is 0.358 e. The van der Waals surface area contributed by atoms with Crippen molar-refractivity contribution in [1.82, 2.24) is 9.59 Å². The van der Waals surface area contributed by atoms with Crippen molar-refractivity contribution in [3.63, 3.8) is 0 Å². The van der Waals surface area contributed by atoms with Crippen LogP contribution in [0.2, 0.25) is 0 Å². The quantitative estimate of drug-likeness (QED) is 0.842. The SMILES string of the molecule is Cc1ccc(-c2snnc2C(=O)O)cc1. The molecule has 0 unspecified atom stereocenters. The van der Waals surface area contributed by atoms with Gasteiger partial charge < -0.3 is 5.11 Å². The second-order valence-electron chi connectivity index (χ2n) is 3.12. The zero-order valence-electron chi connectivity index (χ0n) is 7.97. The van der Waals surface area contributed by atoms with E-state index in [1.165, 1.54) is 0 Å². The van der Waals surface area contributed by atoms with Crippen molar-refractivity contribution in [2.75, 3.05) is 0 Å². The molecule has 0 fully saturated rings. The number of nitrogens with zero attached hydrogens (tertiary/aromatic N) is 2. The van der Waals surface area contributed by atoms with E-state index in [-0.39, 0.29) is 5.69 Å². The summed E-state index contributed by atoms with van der Waals surface area (Å²) in [5.74, 6) is -1.04. The topological polar surface area (TPSA) is 63.1 Å². The van der Waals surface area contributed by atoms with Gasteiger partial charge in [0, 0.05) is 0 Å². The van der Waals surface area contributed by atoms with Gasteiger partial charge in [0.05, 0.1) is 4.88 Å². The van der Waals surface area contributed by atoms with E-state index in [2.05, 4.69) is 9.59 Å². The monoisotopic (exact) mass is 220 g/mol. The first kappa shape index (κ1) is 9.79. The molecule has 1 heterocycles. The molecule has 0 aliphatic heterocycles. The van der Waals surface area contributed by atoms with Crippen LogP contribution in [0.5, 0.6) is 0 Å². The molecule has 76 valence electrons. The van der Waals surface area contributed by atoms with Crippen LogP contribution in [0.15, 0.2) is 24.3 Å². The highest BCUT2D eigenvalue weighted by atomic mass is 32.1. The smallest absolute Gasteiger partial charge is 0.358 e. The van der Waals surface area contributed by atoms with Crippen molar-refractivity contribution in [3.05, 3.63) is 35.5 Å². The predicted octanol–water partition coefficient (Wildman–Crippen LogP) is 2.21. The number of benzene rings is 1. The second-order valence-corrected chi connectivity index (χ2v) is 3.88. The number of carboxylic acid groups (broad SMARTS) is 1. The normalized spacial score (nSPS) is 10.2. The van der Waals surface area contributed by atoms with Crippen LogP contribution in [-0.2, 0) is 0 Å². The number of aromatic carboxylic acids is 1. The Bertz CT molecular complexity index is 490. The molecule has 0 radical (unpaired) electrons. The molecule has 1 aromatic heterocycles. The maximum absolute atomic E-state index is 10.8. The Kier molecular flexibility index (Phi) is 2.47. The molecule has 0 aliphatic rings. The molecule has 1 N–H and O–H groups in total. The highest BCUT2D eigenvalue weighted by molar-refractivity contribution is 7.09. The highest BCUT2D eigenvalue weighted by Crippen LogP contribution is 2.26. The maximum atomic E-state index is 10.8. The Balaban J connectivity index is 2.49. The van der Waals surface area contributed by atoms with Gasteiger partial charge in [0.1, 0.15) is 0 Å². The fourth-order valence-corrected chi connectivity index (χ4v) is 1.89. The molecular weight excluding hydrogens is 212 g/mol. The van der Waals surface area contributed by atoms with E-state index in [4.69, 9.17) is 5.11 Å². The van der Waals surface area contributed by atoms with Crippen molar-refractivity contribution >= 4 is 17.5 Å². The van der Waals surface area contributed by atoms with Gasteiger partial charge in [-0.25, -0.2) is 4.79 Å². The average molecular weight is 220 g/mol. The minimum Gasteiger partial charge on any atom is -0.476 e. The predicted molar refractivity (Wildman–Crippen MR) is 57.0 cm³/mol. The number of aryl methyl sites for hydroxylation is 1. The minimum atomic E-state index is -1.04. The number of aromatic nitrogens is 2. The van der Waals surface area contributed by atoms with Crippen LogP contribution >= 0.6 is 11.5 Å². The molecule has 2 rings (SSSR count). The molecule has 0 saturated heterocycles. The Labute approximate surface area is 90.4 Å². The first-order valence-electron chi connectivity index (χ1n) is 4.31. The van der Waals surface area contributed by atoms with Gasteiger partial charge >= 0.3 is 5.97 Å². The Hall–Kier alpha value is -1.75. The highest BCUT2D eigenvalue weighted by Gasteiger charge is 2.16. The average Bonchev–Trinajstić information content (AvgIpc) is 2.67. The number of hydrogen-bond donors (Lipinski definition) is 1. The van der Waals surface area contributed by atoms with Crippen LogP contribution in [0.4, 0.5) is 0 Å². The van der Waals surface area contributed by atoms with Crippen LogP contribution in [0.3, 0.4) is 0 Å². The number of rotatable bonds is 2. The largest absolute Gasteiger partial charge is 0.476 e. The van der Waals surface area contributed by atoms with Crippen LogP contribution in [0, 0.1) is 6.92 Å². The lowest BCUT2D eigenvalue weighted by molar-refractivity contribution is 0.0691. The molecule has 0 spiro atoms. The summed E-state index contributed by atoms with van der Waals surface area (Å²) in [4.78, 5) is 11.4. The molecule has 4 nitrogen and oxygen atoms in total. The van der Waals surface area contributed by atoms with Crippen LogP contribution < -0.4 is 0 Å². The Morgan fingerprint density at radius 2 is 2.00 bits per heavy atom. The summed E-state index contributed by atoms with van der Waals surface area (Å²) in [6.45, 7) is 1.98. The van der Waals surface area contributed by atoms with E-state index in [1.807, 2.05) is 31.2 Å². The van der Waals surface area contributed by atoms with Gasteiger partial charge in [-0.3, -0.25) is 0 Å². The molecule has 0 saturated carbocycles. The standard InChI is InChI=1S/C10H8N2O2S/c1-6-2-4-7(5-3-6)9-8(10(13)14)11-12-15-9/h2-5H,1H3,(H,13,14). The third-order valence-corrected chi connectivity index (χ3v) is 2.78. The fourth-order valence-electron chi connectivity index (χ4n) is 1.22. The van der Waals surface area contributed by atoms with E-state index >= 15 is 0 Å². The lowest BCUT2D eigenvalue weighted by atomic mass is 10.1. The summed E-state index contributed by atoms with van der Waals surface area (Å²) in [5, 5.41) is 12.5. The summed E-state index contributed by atoms with van der Waals surface area (Å²) in [6, 6.07) is 7.61. The third-order valence-electron chi connectivity index (χ3n) is 2.00. The fraction of sp³-hybridized carbons (Fsp3) is 0.100. The summed E-state index contributed by atoms with van der Waals surface area (Å²) in [6.07, 6.45) is 0. The third kappa shape index (κ3) is 1.87. The zero-order chi connectivity index (χ0) is 10.8. The van der Waals surface area contributed by atoms with E-state index < -0.39 is 5.97 Å². The molecular formula is C10H8N2O2S. The van der Waals surface area contributed by atoms with Gasteiger partial charge in [0.25, 0.3) is 0 Å². The molecule has 0 amide bonds. The summed E-state index contributed by atoms with van der Waals surface area (Å²) < 4.78 is 3.65. The molecule has 1 aromatic carbocycles. The lowest BCUT2D eigenvalue weighted by Gasteiger charge is -1.98. The lowest BCUT2D eigenvalue weighted by Crippen LogP contribution is -1.98. The molecule has 15 heavy (non-hydrogen) atoms. The van der Waals surface area contributed by atoms with Crippen LogP contribution in [0.25, 0.3) is 10.4 Å². The molecule has 5 heteroatoms. The van der Waals surface area contributed by atoms with Gasteiger partial charge in [-0.15, -0.1) is 5.10 Å². The van der Waals surface area contributed by atoms with E-state index in [0.29, 0.717) is 4.88 Å². The van der Waals surface area contributed by atoms with Gasteiger partial charge in [-0.05, 0) is 24.0 Å². The van der Waals surface area contributed by atoms with Gasteiger partial charge in [-0.1, -0.05) is 34.3 Å². The molecule has 0 atom stereocenters. The first-order chi connectivity index (χ1) is 7.18. The van der Waals surface area contributed by atoms with Crippen LogP contribution in [-0.4, -0.2) is 20.7 Å². The molecule has 2 aromatic rings. The summed E-state index contributed by atoms with van der Waals surface area (Å²) >= 11 is 1.09. The van der Waals surface area contributed by atoms with Crippen molar-refractivity contribution in [2.45, 2.75) is 6.92 Å². The van der Waals surface area contributed by atoms with Crippen molar-refractivity contribution in [1.29, 1.82) is 0 Å². The second kappa shape index (κ2) is 3.78. The molecule has 0 bridgehead atoms.